The average molecular weight is 486 g/mol. The summed E-state index contributed by atoms with van der Waals surface area (Å²) >= 11 is 1.28. The SMILES string of the molecule is COc1ccc(C)cc1-n1c(=O)c2ccccc2n2c(SC(C)C(=O)Nc3ccccc3)nnc12. The number of anilines is 1. The molecule has 0 radical (unpaired) electrons. The first-order chi connectivity index (χ1) is 17.0. The van der Waals surface area contributed by atoms with E-state index in [1.807, 2.05) is 85.0 Å². The van der Waals surface area contributed by atoms with Gasteiger partial charge in [0.05, 0.1) is 29.0 Å². The highest BCUT2D eigenvalue weighted by Crippen LogP contribution is 2.29. The minimum absolute atomic E-state index is 0.157. The molecule has 3 aromatic carbocycles. The Kier molecular flexibility index (Phi) is 6.00. The average Bonchev–Trinajstić information content (AvgIpc) is 3.28. The Morgan fingerprint density at radius 3 is 2.54 bits per heavy atom. The molecule has 5 rings (SSSR count). The lowest BCUT2D eigenvalue weighted by molar-refractivity contribution is -0.115. The number of aromatic nitrogens is 4. The van der Waals surface area contributed by atoms with E-state index in [1.54, 1.807) is 13.2 Å². The van der Waals surface area contributed by atoms with Gasteiger partial charge in [-0.3, -0.25) is 14.0 Å². The van der Waals surface area contributed by atoms with Crippen molar-refractivity contribution < 1.29 is 9.53 Å². The molecule has 1 atom stereocenters. The van der Waals surface area contributed by atoms with E-state index >= 15 is 0 Å². The number of fused-ring (bicyclic) bond motifs is 3. The van der Waals surface area contributed by atoms with E-state index < -0.39 is 5.25 Å². The molecule has 8 nitrogen and oxygen atoms in total. The number of para-hydroxylation sites is 2. The van der Waals surface area contributed by atoms with Crippen LogP contribution in [0.15, 0.2) is 82.7 Å². The summed E-state index contributed by atoms with van der Waals surface area (Å²) in [6, 6.07) is 22.2. The molecule has 9 heteroatoms. The Morgan fingerprint density at radius 1 is 1.03 bits per heavy atom. The minimum Gasteiger partial charge on any atom is -0.495 e. The van der Waals surface area contributed by atoms with Crippen molar-refractivity contribution in [2.75, 3.05) is 12.4 Å². The second kappa shape index (κ2) is 9.27. The summed E-state index contributed by atoms with van der Waals surface area (Å²) in [5.41, 5.74) is 2.71. The second-order valence-corrected chi connectivity index (χ2v) is 9.37. The van der Waals surface area contributed by atoms with Gasteiger partial charge < -0.3 is 10.1 Å². The molecule has 35 heavy (non-hydrogen) atoms. The van der Waals surface area contributed by atoms with Gasteiger partial charge in [-0.2, -0.15) is 0 Å². The molecule has 0 bridgehead atoms. The highest BCUT2D eigenvalue weighted by molar-refractivity contribution is 8.00. The number of aryl methyl sites for hydroxylation is 1. The van der Waals surface area contributed by atoms with Crippen LogP contribution in [0.5, 0.6) is 5.75 Å². The first-order valence-electron chi connectivity index (χ1n) is 11.0. The van der Waals surface area contributed by atoms with E-state index in [9.17, 15) is 9.59 Å². The normalized spacial score (nSPS) is 12.1. The number of methoxy groups -OCH3 is 1. The van der Waals surface area contributed by atoms with Crippen molar-refractivity contribution in [3.8, 4) is 11.4 Å². The van der Waals surface area contributed by atoms with Crippen LogP contribution in [0.4, 0.5) is 5.69 Å². The third kappa shape index (κ3) is 4.15. The molecule has 2 aromatic heterocycles. The van der Waals surface area contributed by atoms with Gasteiger partial charge in [-0.1, -0.05) is 48.2 Å². The van der Waals surface area contributed by atoms with Gasteiger partial charge in [0.2, 0.25) is 11.7 Å². The topological polar surface area (TPSA) is 90.5 Å². The van der Waals surface area contributed by atoms with Crippen LogP contribution in [0.2, 0.25) is 0 Å². The standard InChI is InChI=1S/C26H23N5O3S/c1-16-13-14-22(34-3)21(15-16)30-24(33)19-11-7-8-12-20(19)31-25(30)28-29-26(31)35-17(2)23(32)27-18-9-5-4-6-10-18/h4-15,17H,1-3H3,(H,27,32). The van der Waals surface area contributed by atoms with Crippen molar-refractivity contribution in [1.82, 2.24) is 19.2 Å². The number of nitrogens with one attached hydrogen (secondary N) is 1. The van der Waals surface area contributed by atoms with Gasteiger partial charge in [-0.15, -0.1) is 10.2 Å². The van der Waals surface area contributed by atoms with E-state index in [0.717, 1.165) is 11.3 Å². The Balaban J connectivity index is 1.65. The number of hydrogen-bond acceptors (Lipinski definition) is 6. The van der Waals surface area contributed by atoms with Crippen molar-refractivity contribution in [1.29, 1.82) is 0 Å². The van der Waals surface area contributed by atoms with Gasteiger partial charge in [0.1, 0.15) is 5.75 Å². The smallest absolute Gasteiger partial charge is 0.267 e. The lowest BCUT2D eigenvalue weighted by Gasteiger charge is -2.15. The summed E-state index contributed by atoms with van der Waals surface area (Å²) in [5.74, 6) is 0.731. The van der Waals surface area contributed by atoms with Crippen molar-refractivity contribution >= 4 is 40.0 Å². The number of hydrogen-bond donors (Lipinski definition) is 1. The summed E-state index contributed by atoms with van der Waals surface area (Å²) in [6.07, 6.45) is 0. The van der Waals surface area contributed by atoms with Crippen molar-refractivity contribution in [3.63, 3.8) is 0 Å². The molecule has 0 saturated carbocycles. The van der Waals surface area contributed by atoms with E-state index in [2.05, 4.69) is 15.5 Å². The number of carbonyl (C=O) groups is 1. The van der Waals surface area contributed by atoms with Crippen molar-refractivity contribution in [2.24, 2.45) is 0 Å². The molecule has 0 spiro atoms. The molecule has 5 aromatic rings. The van der Waals surface area contributed by atoms with E-state index in [0.29, 0.717) is 33.3 Å². The van der Waals surface area contributed by atoms with Crippen LogP contribution in [-0.2, 0) is 4.79 Å². The van der Waals surface area contributed by atoms with Gasteiger partial charge in [-0.25, -0.2) is 4.57 Å². The van der Waals surface area contributed by atoms with Crippen LogP contribution < -0.4 is 15.6 Å². The number of ether oxygens (including phenoxy) is 1. The van der Waals surface area contributed by atoms with Crippen LogP contribution in [0, 0.1) is 6.92 Å². The fourth-order valence-electron chi connectivity index (χ4n) is 3.92. The fourth-order valence-corrected chi connectivity index (χ4v) is 4.78. The highest BCUT2D eigenvalue weighted by atomic mass is 32.2. The summed E-state index contributed by atoms with van der Waals surface area (Å²) in [6.45, 7) is 3.76. The number of thioether (sulfide) groups is 1. The monoisotopic (exact) mass is 485 g/mol. The van der Waals surface area contributed by atoms with Crippen LogP contribution in [0.1, 0.15) is 12.5 Å². The molecule has 1 amide bonds. The fraction of sp³-hybridized carbons (Fsp3) is 0.154. The number of nitrogens with zero attached hydrogens (tertiary/aromatic N) is 4. The van der Waals surface area contributed by atoms with Gasteiger partial charge in [-0.05, 0) is 55.8 Å². The summed E-state index contributed by atoms with van der Waals surface area (Å²) in [4.78, 5) is 26.5. The minimum atomic E-state index is -0.463. The Bertz CT molecular complexity index is 1610. The van der Waals surface area contributed by atoms with Gasteiger partial charge in [0.25, 0.3) is 5.56 Å². The molecule has 0 aliphatic heterocycles. The molecular formula is C26H23N5O3S. The van der Waals surface area contributed by atoms with Crippen LogP contribution in [-0.4, -0.2) is 37.4 Å². The molecule has 0 aliphatic carbocycles. The van der Waals surface area contributed by atoms with Gasteiger partial charge in [0.15, 0.2) is 5.16 Å². The predicted molar refractivity (Wildman–Crippen MR) is 138 cm³/mol. The number of rotatable bonds is 6. The second-order valence-electron chi connectivity index (χ2n) is 8.07. The number of amides is 1. The maximum absolute atomic E-state index is 13.6. The summed E-state index contributed by atoms with van der Waals surface area (Å²) in [5, 5.41) is 12.2. The third-order valence-electron chi connectivity index (χ3n) is 5.66. The third-order valence-corrected chi connectivity index (χ3v) is 6.71. The molecule has 2 heterocycles. The van der Waals surface area contributed by atoms with E-state index in [4.69, 9.17) is 4.74 Å². The molecule has 0 saturated heterocycles. The summed E-state index contributed by atoms with van der Waals surface area (Å²) in [7, 11) is 1.57. The lowest BCUT2D eigenvalue weighted by Crippen LogP contribution is -2.24. The van der Waals surface area contributed by atoms with Gasteiger partial charge in [0, 0.05) is 5.69 Å². The highest BCUT2D eigenvalue weighted by Gasteiger charge is 2.23. The Morgan fingerprint density at radius 2 is 1.77 bits per heavy atom. The first-order valence-corrected chi connectivity index (χ1v) is 11.9. The Hall–Kier alpha value is -4.11. The van der Waals surface area contributed by atoms with Crippen LogP contribution in [0.25, 0.3) is 22.4 Å². The zero-order valence-electron chi connectivity index (χ0n) is 19.4. The maximum Gasteiger partial charge on any atom is 0.267 e. The molecule has 0 aliphatic rings. The molecule has 176 valence electrons. The number of benzene rings is 3. The zero-order valence-corrected chi connectivity index (χ0v) is 20.2. The van der Waals surface area contributed by atoms with Crippen molar-refractivity contribution in [2.45, 2.75) is 24.3 Å². The largest absolute Gasteiger partial charge is 0.495 e. The Labute approximate surface area is 205 Å². The zero-order chi connectivity index (χ0) is 24.5. The molecule has 0 fully saturated rings. The van der Waals surface area contributed by atoms with E-state index in [-0.39, 0.29) is 11.5 Å². The first kappa shape index (κ1) is 22.7. The molecule has 1 unspecified atom stereocenters. The molecule has 1 N–H and O–H groups in total. The number of carbonyl (C=O) groups excluding carboxylic acids is 1. The predicted octanol–water partition coefficient (Wildman–Crippen LogP) is 4.47. The summed E-state index contributed by atoms with van der Waals surface area (Å²) < 4.78 is 8.88. The lowest BCUT2D eigenvalue weighted by atomic mass is 10.2. The van der Waals surface area contributed by atoms with Crippen LogP contribution >= 0.6 is 11.8 Å². The van der Waals surface area contributed by atoms with Gasteiger partial charge >= 0.3 is 0 Å². The maximum atomic E-state index is 13.6. The quantitative estimate of drug-likeness (QED) is 0.357. The molecular weight excluding hydrogens is 462 g/mol. The van der Waals surface area contributed by atoms with E-state index in [1.165, 1.54) is 16.3 Å². The van der Waals surface area contributed by atoms with Crippen LogP contribution in [0.3, 0.4) is 0 Å². The van der Waals surface area contributed by atoms with Crippen molar-refractivity contribution in [3.05, 3.63) is 88.7 Å².